The number of hydrogen-bond acceptors (Lipinski definition) is 4. The molecule has 96 valence electrons. The van der Waals surface area contributed by atoms with Gasteiger partial charge in [-0.25, -0.2) is 0 Å². The molecule has 0 aliphatic carbocycles. The Hall–Kier alpha value is -2.17. The fraction of sp³-hybridized carbons (Fsp3) is 0.308. The van der Waals surface area contributed by atoms with Crippen molar-refractivity contribution in [2.24, 2.45) is 0 Å². The minimum atomic E-state index is -0.811. The lowest BCUT2D eigenvalue weighted by Gasteiger charge is -2.11. The van der Waals surface area contributed by atoms with Crippen molar-refractivity contribution in [2.45, 2.75) is 26.9 Å². The van der Waals surface area contributed by atoms with Gasteiger partial charge in [0, 0.05) is 25.1 Å². The Morgan fingerprint density at radius 2 is 1.67 bits per heavy atom. The number of benzene rings is 1. The highest BCUT2D eigenvalue weighted by atomic mass is 16.5. The molecule has 0 aromatic heterocycles. The van der Waals surface area contributed by atoms with Crippen molar-refractivity contribution < 1.29 is 19.1 Å². The molecule has 0 aliphatic rings. The van der Waals surface area contributed by atoms with Crippen LogP contribution >= 0.6 is 0 Å². The molecular formula is C13H15NO4. The molecule has 1 N–H and O–H groups in total. The summed E-state index contributed by atoms with van der Waals surface area (Å²) in [7, 11) is 0. The van der Waals surface area contributed by atoms with Crippen LogP contribution in [-0.2, 0) is 14.3 Å². The Labute approximate surface area is 105 Å². The minimum Gasteiger partial charge on any atom is -0.454 e. The van der Waals surface area contributed by atoms with Crippen LogP contribution in [0, 0.1) is 0 Å². The molecule has 1 aromatic carbocycles. The van der Waals surface area contributed by atoms with Crippen molar-refractivity contribution >= 4 is 23.3 Å². The number of carbonyl (C=O) groups is 3. The van der Waals surface area contributed by atoms with E-state index in [-0.39, 0.29) is 11.7 Å². The largest absolute Gasteiger partial charge is 0.454 e. The molecule has 0 bridgehead atoms. The van der Waals surface area contributed by atoms with Gasteiger partial charge < -0.3 is 10.1 Å². The van der Waals surface area contributed by atoms with E-state index in [0.717, 1.165) is 0 Å². The highest BCUT2D eigenvalue weighted by Crippen LogP contribution is 2.12. The number of ketones is 1. The zero-order valence-electron chi connectivity index (χ0n) is 10.5. The number of rotatable bonds is 4. The van der Waals surface area contributed by atoms with Crippen molar-refractivity contribution in [3.63, 3.8) is 0 Å². The molecule has 0 spiro atoms. The maximum absolute atomic E-state index is 11.8. The van der Waals surface area contributed by atoms with Gasteiger partial charge in [0.25, 0.3) is 0 Å². The van der Waals surface area contributed by atoms with Crippen LogP contribution in [0.2, 0.25) is 0 Å². The van der Waals surface area contributed by atoms with E-state index in [1.807, 2.05) is 0 Å². The lowest BCUT2D eigenvalue weighted by Crippen LogP contribution is -2.23. The number of amides is 1. The van der Waals surface area contributed by atoms with Crippen molar-refractivity contribution in [2.75, 3.05) is 5.32 Å². The van der Waals surface area contributed by atoms with Gasteiger partial charge in [-0.05, 0) is 31.2 Å². The second-order valence-corrected chi connectivity index (χ2v) is 3.87. The summed E-state index contributed by atoms with van der Waals surface area (Å²) in [4.78, 5) is 33.4. The first-order valence-electron chi connectivity index (χ1n) is 5.49. The van der Waals surface area contributed by atoms with Gasteiger partial charge in [-0.2, -0.15) is 0 Å². The number of ether oxygens (including phenoxy) is 1. The Morgan fingerprint density at radius 3 is 2.11 bits per heavy atom. The number of Topliss-reactive ketones (excluding diaryl/α,β-unsaturated/α-hetero) is 1. The average Bonchev–Trinajstić information content (AvgIpc) is 2.27. The van der Waals surface area contributed by atoms with Crippen molar-refractivity contribution in [3.8, 4) is 0 Å². The van der Waals surface area contributed by atoms with Crippen molar-refractivity contribution in [1.82, 2.24) is 0 Å². The summed E-state index contributed by atoms with van der Waals surface area (Å²) in [6, 6.07) is 6.39. The fourth-order valence-corrected chi connectivity index (χ4v) is 1.46. The normalized spacial score (nSPS) is 11.5. The van der Waals surface area contributed by atoms with Crippen molar-refractivity contribution in [3.05, 3.63) is 29.8 Å². The van der Waals surface area contributed by atoms with E-state index < -0.39 is 12.1 Å². The summed E-state index contributed by atoms with van der Waals surface area (Å²) in [6.07, 6.45) is -0.811. The van der Waals surface area contributed by atoms with Gasteiger partial charge in [0.1, 0.15) is 0 Å². The third kappa shape index (κ3) is 4.01. The maximum Gasteiger partial charge on any atom is 0.303 e. The summed E-state index contributed by atoms with van der Waals surface area (Å²) in [6.45, 7) is 4.18. The maximum atomic E-state index is 11.8. The second kappa shape index (κ2) is 5.95. The van der Waals surface area contributed by atoms with Gasteiger partial charge in [0.05, 0.1) is 0 Å². The number of anilines is 1. The van der Waals surface area contributed by atoms with Crippen LogP contribution in [0.1, 0.15) is 31.1 Å². The highest BCUT2D eigenvalue weighted by Gasteiger charge is 2.17. The van der Waals surface area contributed by atoms with Gasteiger partial charge in [-0.1, -0.05) is 0 Å². The number of hydrogen-bond donors (Lipinski definition) is 1. The number of carbonyl (C=O) groups excluding carboxylic acids is 3. The first-order chi connectivity index (χ1) is 8.40. The summed E-state index contributed by atoms with van der Waals surface area (Å²) in [5.74, 6) is -0.951. The molecule has 5 nitrogen and oxygen atoms in total. The van der Waals surface area contributed by atoms with E-state index in [4.69, 9.17) is 4.74 Å². The molecule has 5 heteroatoms. The Balaban J connectivity index is 2.75. The summed E-state index contributed by atoms with van der Waals surface area (Å²) >= 11 is 0. The SMILES string of the molecule is CC(=O)Nc1ccc(C(=O)[C@@H](C)OC(C)=O)cc1. The van der Waals surface area contributed by atoms with E-state index in [1.165, 1.54) is 20.8 Å². The molecule has 0 aliphatic heterocycles. The third-order valence-corrected chi connectivity index (χ3v) is 2.20. The van der Waals surface area contributed by atoms with Crippen LogP contribution in [0.4, 0.5) is 5.69 Å². The third-order valence-electron chi connectivity index (χ3n) is 2.20. The highest BCUT2D eigenvalue weighted by molar-refractivity contribution is 6.00. The standard InChI is InChI=1S/C13H15NO4/c1-8(18-10(3)16)13(17)11-4-6-12(7-5-11)14-9(2)15/h4-8H,1-3H3,(H,14,15)/t8-/m1/s1. The monoisotopic (exact) mass is 249 g/mol. The quantitative estimate of drug-likeness (QED) is 0.652. The first-order valence-corrected chi connectivity index (χ1v) is 5.49. The summed E-state index contributed by atoms with van der Waals surface area (Å²) < 4.78 is 4.80. The lowest BCUT2D eigenvalue weighted by atomic mass is 10.1. The molecule has 1 atom stereocenters. The summed E-state index contributed by atoms with van der Waals surface area (Å²) in [5, 5.41) is 2.60. The second-order valence-electron chi connectivity index (χ2n) is 3.87. The molecule has 1 rings (SSSR count). The topological polar surface area (TPSA) is 72.5 Å². The predicted octanol–water partition coefficient (Wildman–Crippen LogP) is 1.78. The molecule has 0 saturated heterocycles. The van der Waals surface area contributed by atoms with E-state index in [0.29, 0.717) is 11.3 Å². The van der Waals surface area contributed by atoms with E-state index >= 15 is 0 Å². The number of esters is 1. The molecule has 18 heavy (non-hydrogen) atoms. The Bertz CT molecular complexity index is 464. The fourth-order valence-electron chi connectivity index (χ4n) is 1.46. The summed E-state index contributed by atoms with van der Waals surface area (Å²) in [5.41, 5.74) is 1.04. The van der Waals surface area contributed by atoms with Crippen LogP contribution in [0.3, 0.4) is 0 Å². The van der Waals surface area contributed by atoms with Gasteiger partial charge >= 0.3 is 5.97 Å². The molecule has 0 radical (unpaired) electrons. The predicted molar refractivity (Wildman–Crippen MR) is 66.3 cm³/mol. The van der Waals surface area contributed by atoms with Crippen LogP contribution in [0.15, 0.2) is 24.3 Å². The molecule has 1 aromatic rings. The zero-order chi connectivity index (χ0) is 13.7. The van der Waals surface area contributed by atoms with E-state index in [9.17, 15) is 14.4 Å². The van der Waals surface area contributed by atoms with Crippen LogP contribution < -0.4 is 5.32 Å². The molecule has 0 unspecified atom stereocenters. The Morgan fingerprint density at radius 1 is 1.11 bits per heavy atom. The van der Waals surface area contributed by atoms with Gasteiger partial charge in [-0.3, -0.25) is 14.4 Å². The lowest BCUT2D eigenvalue weighted by molar-refractivity contribution is -0.143. The molecular weight excluding hydrogens is 234 g/mol. The average molecular weight is 249 g/mol. The number of nitrogens with one attached hydrogen (secondary N) is 1. The minimum absolute atomic E-state index is 0.178. The Kier molecular flexibility index (Phi) is 4.59. The van der Waals surface area contributed by atoms with Crippen LogP contribution in [0.25, 0.3) is 0 Å². The van der Waals surface area contributed by atoms with E-state index in [1.54, 1.807) is 24.3 Å². The van der Waals surface area contributed by atoms with Gasteiger partial charge in [0.2, 0.25) is 11.7 Å². The smallest absolute Gasteiger partial charge is 0.303 e. The molecule has 0 fully saturated rings. The zero-order valence-corrected chi connectivity index (χ0v) is 10.5. The van der Waals surface area contributed by atoms with Crippen molar-refractivity contribution in [1.29, 1.82) is 0 Å². The van der Waals surface area contributed by atoms with Crippen LogP contribution in [0.5, 0.6) is 0 Å². The van der Waals surface area contributed by atoms with Gasteiger partial charge in [0.15, 0.2) is 6.10 Å². The molecule has 1 amide bonds. The molecule has 0 heterocycles. The van der Waals surface area contributed by atoms with E-state index in [2.05, 4.69) is 5.32 Å². The van der Waals surface area contributed by atoms with Gasteiger partial charge in [-0.15, -0.1) is 0 Å². The molecule has 0 saturated carbocycles. The van der Waals surface area contributed by atoms with Crippen LogP contribution in [-0.4, -0.2) is 23.8 Å². The first kappa shape index (κ1) is 13.9.